The van der Waals surface area contributed by atoms with E-state index in [4.69, 9.17) is 34.7 Å². The number of benzene rings is 2. The molecule has 29 heavy (non-hydrogen) atoms. The number of alkyl halides is 2. The van der Waals surface area contributed by atoms with Crippen LogP contribution in [0.2, 0.25) is 10.0 Å². The van der Waals surface area contributed by atoms with Gasteiger partial charge in [-0.05, 0) is 42.2 Å². The fraction of sp³-hybridized carbons (Fsp3) is 0.429. The normalized spacial score (nSPS) is 27.2. The highest BCUT2D eigenvalue weighted by Gasteiger charge is 2.69. The van der Waals surface area contributed by atoms with Crippen molar-refractivity contribution in [2.45, 2.75) is 29.8 Å². The van der Waals surface area contributed by atoms with Crippen molar-refractivity contribution in [3.63, 3.8) is 0 Å². The standard InChI is InChI=1S/C21H22Cl2F3N3/c22-12-4-5-14(17(27)6-12)21(28)15(13-2-1-3-16(23)18(13)26)7-29-20(21)8-19(9-20,10-24)11-25/h1-6,15,29H,7-11,27-28H2/t15?,21-/m0/s1. The SMILES string of the molecule is Nc1cc(Cl)ccc1[C@]1(N)C(c2cccc(Cl)c2F)CNC12CC(CF)(CF)C2. The van der Waals surface area contributed by atoms with Crippen LogP contribution in [0.4, 0.5) is 18.9 Å². The molecule has 3 nitrogen and oxygen atoms in total. The van der Waals surface area contributed by atoms with Gasteiger partial charge in [0.2, 0.25) is 0 Å². The molecule has 0 amide bonds. The van der Waals surface area contributed by atoms with Crippen molar-refractivity contribution in [3.8, 4) is 0 Å². The van der Waals surface area contributed by atoms with Crippen LogP contribution in [0, 0.1) is 11.2 Å². The number of nitrogen functional groups attached to an aromatic ring is 1. The molecule has 1 unspecified atom stereocenters. The van der Waals surface area contributed by atoms with E-state index in [2.05, 4.69) is 5.32 Å². The minimum Gasteiger partial charge on any atom is -0.398 e. The van der Waals surface area contributed by atoms with E-state index < -0.39 is 41.6 Å². The first-order chi connectivity index (χ1) is 13.7. The molecule has 4 rings (SSSR count). The van der Waals surface area contributed by atoms with Gasteiger partial charge >= 0.3 is 0 Å². The maximum absolute atomic E-state index is 14.9. The average molecular weight is 444 g/mol. The van der Waals surface area contributed by atoms with Crippen molar-refractivity contribution in [2.75, 3.05) is 25.6 Å². The molecule has 8 heteroatoms. The van der Waals surface area contributed by atoms with Crippen molar-refractivity contribution in [2.24, 2.45) is 11.1 Å². The lowest BCUT2D eigenvalue weighted by Gasteiger charge is -2.60. The third kappa shape index (κ3) is 2.87. The summed E-state index contributed by atoms with van der Waals surface area (Å²) < 4.78 is 42.2. The van der Waals surface area contributed by atoms with Crippen LogP contribution < -0.4 is 16.8 Å². The van der Waals surface area contributed by atoms with Gasteiger partial charge in [0, 0.05) is 34.1 Å². The van der Waals surface area contributed by atoms with Crippen LogP contribution in [0.1, 0.15) is 29.9 Å². The number of nitrogens with two attached hydrogens (primary N) is 2. The van der Waals surface area contributed by atoms with Crippen LogP contribution in [0.15, 0.2) is 36.4 Å². The molecule has 0 bridgehead atoms. The lowest BCUT2D eigenvalue weighted by Crippen LogP contribution is -2.71. The van der Waals surface area contributed by atoms with E-state index in [1.54, 1.807) is 30.3 Å². The Morgan fingerprint density at radius 2 is 1.79 bits per heavy atom. The zero-order chi connectivity index (χ0) is 21.0. The van der Waals surface area contributed by atoms with Gasteiger partial charge in [0.05, 0.1) is 23.9 Å². The highest BCUT2D eigenvalue weighted by Crippen LogP contribution is 2.63. The number of rotatable bonds is 4. The van der Waals surface area contributed by atoms with E-state index in [9.17, 15) is 13.2 Å². The highest BCUT2D eigenvalue weighted by molar-refractivity contribution is 6.31. The number of hydrogen-bond acceptors (Lipinski definition) is 3. The molecule has 1 spiro atoms. The van der Waals surface area contributed by atoms with E-state index in [-0.39, 0.29) is 17.9 Å². The molecule has 2 atom stereocenters. The highest BCUT2D eigenvalue weighted by atomic mass is 35.5. The first kappa shape index (κ1) is 20.8. The number of anilines is 1. The van der Waals surface area contributed by atoms with Crippen LogP contribution in [0.25, 0.3) is 0 Å². The van der Waals surface area contributed by atoms with E-state index in [0.29, 0.717) is 28.4 Å². The number of nitrogens with one attached hydrogen (secondary N) is 1. The number of hydrogen-bond donors (Lipinski definition) is 3. The molecule has 2 aromatic rings. The van der Waals surface area contributed by atoms with Crippen molar-refractivity contribution < 1.29 is 13.2 Å². The van der Waals surface area contributed by atoms with E-state index in [1.807, 2.05) is 0 Å². The lowest BCUT2D eigenvalue weighted by molar-refractivity contribution is -0.0616. The summed E-state index contributed by atoms with van der Waals surface area (Å²) in [7, 11) is 0. The molecule has 2 aliphatic rings. The van der Waals surface area contributed by atoms with E-state index in [1.165, 1.54) is 6.07 Å². The maximum atomic E-state index is 14.9. The number of halogens is 5. The van der Waals surface area contributed by atoms with Crippen molar-refractivity contribution in [3.05, 3.63) is 63.4 Å². The van der Waals surface area contributed by atoms with Crippen LogP contribution >= 0.6 is 23.2 Å². The Kier molecular flexibility index (Phi) is 5.05. The Balaban J connectivity index is 1.88. The molecule has 1 saturated heterocycles. The van der Waals surface area contributed by atoms with E-state index in [0.717, 1.165) is 0 Å². The summed E-state index contributed by atoms with van der Waals surface area (Å²) >= 11 is 12.1. The fourth-order valence-corrected chi connectivity index (χ4v) is 5.67. The first-order valence-electron chi connectivity index (χ1n) is 9.37. The molecular weight excluding hydrogens is 422 g/mol. The topological polar surface area (TPSA) is 64.1 Å². The van der Waals surface area contributed by atoms with Crippen molar-refractivity contribution in [1.82, 2.24) is 5.32 Å². The predicted molar refractivity (Wildman–Crippen MR) is 110 cm³/mol. The molecule has 5 N–H and O–H groups in total. The average Bonchev–Trinajstić information content (AvgIpc) is 2.95. The Morgan fingerprint density at radius 1 is 1.10 bits per heavy atom. The third-order valence-electron chi connectivity index (χ3n) is 6.72. The molecule has 1 saturated carbocycles. The van der Waals surface area contributed by atoms with Crippen molar-refractivity contribution in [1.29, 1.82) is 0 Å². The monoisotopic (exact) mass is 443 g/mol. The van der Waals surface area contributed by atoms with Crippen LogP contribution in [-0.4, -0.2) is 25.4 Å². The van der Waals surface area contributed by atoms with Gasteiger partial charge in [-0.1, -0.05) is 41.4 Å². The molecule has 2 aromatic carbocycles. The molecule has 0 aromatic heterocycles. The molecular formula is C21H22Cl2F3N3. The summed E-state index contributed by atoms with van der Waals surface area (Å²) in [6.07, 6.45) is 0.370. The largest absolute Gasteiger partial charge is 0.398 e. The predicted octanol–water partition coefficient (Wildman–Crippen LogP) is 4.71. The van der Waals surface area contributed by atoms with Crippen molar-refractivity contribution >= 4 is 28.9 Å². The summed E-state index contributed by atoms with van der Waals surface area (Å²) in [5.41, 5.74) is 11.5. The molecule has 1 heterocycles. The maximum Gasteiger partial charge on any atom is 0.145 e. The third-order valence-corrected chi connectivity index (χ3v) is 7.25. The second kappa shape index (κ2) is 7.05. The van der Waals surface area contributed by atoms with Gasteiger partial charge in [0.25, 0.3) is 0 Å². The molecule has 2 fully saturated rings. The summed E-state index contributed by atoms with van der Waals surface area (Å²) in [6, 6.07) is 9.72. The minimum atomic E-state index is -1.21. The molecule has 1 aliphatic heterocycles. The second-order valence-corrected chi connectivity index (χ2v) is 9.22. The summed E-state index contributed by atoms with van der Waals surface area (Å²) in [5, 5.41) is 3.79. The minimum absolute atomic E-state index is 0.00893. The molecule has 1 aliphatic carbocycles. The zero-order valence-corrected chi connectivity index (χ0v) is 17.1. The van der Waals surface area contributed by atoms with Gasteiger partial charge in [-0.2, -0.15) is 0 Å². The lowest BCUT2D eigenvalue weighted by atomic mass is 9.49. The second-order valence-electron chi connectivity index (χ2n) is 8.38. The Hall–Kier alpha value is -1.47. The quantitative estimate of drug-likeness (QED) is 0.599. The van der Waals surface area contributed by atoms with Gasteiger partial charge < -0.3 is 16.8 Å². The van der Waals surface area contributed by atoms with Gasteiger partial charge in [0.1, 0.15) is 5.82 Å². The summed E-state index contributed by atoms with van der Waals surface area (Å²) in [6.45, 7) is -1.24. The molecule has 0 radical (unpaired) electrons. The van der Waals surface area contributed by atoms with E-state index >= 15 is 0 Å². The van der Waals surface area contributed by atoms with Gasteiger partial charge in [0.15, 0.2) is 0 Å². The first-order valence-corrected chi connectivity index (χ1v) is 10.1. The fourth-order valence-electron chi connectivity index (χ4n) is 5.31. The molecule has 156 valence electrons. The Labute approximate surface area is 177 Å². The van der Waals surface area contributed by atoms with Crippen LogP contribution in [0.5, 0.6) is 0 Å². The van der Waals surface area contributed by atoms with Crippen LogP contribution in [-0.2, 0) is 5.54 Å². The summed E-state index contributed by atoms with van der Waals surface area (Å²) in [4.78, 5) is 0. The van der Waals surface area contributed by atoms with Gasteiger partial charge in [-0.3, -0.25) is 8.78 Å². The summed E-state index contributed by atoms with van der Waals surface area (Å²) in [5.74, 6) is -1.09. The van der Waals surface area contributed by atoms with Crippen LogP contribution in [0.3, 0.4) is 0 Å². The van der Waals surface area contributed by atoms with Gasteiger partial charge in [-0.25, -0.2) is 4.39 Å². The zero-order valence-electron chi connectivity index (χ0n) is 15.6. The smallest absolute Gasteiger partial charge is 0.145 e. The van der Waals surface area contributed by atoms with Gasteiger partial charge in [-0.15, -0.1) is 0 Å². The Bertz CT molecular complexity index is 943. The Morgan fingerprint density at radius 3 is 2.41 bits per heavy atom.